The van der Waals surface area contributed by atoms with Crippen LogP contribution in [0.1, 0.15) is 14.3 Å². The van der Waals surface area contributed by atoms with Gasteiger partial charge in [-0.25, -0.2) is 9.59 Å². The van der Waals surface area contributed by atoms with Gasteiger partial charge in [0.05, 0.1) is 17.8 Å². The van der Waals surface area contributed by atoms with E-state index in [1.165, 1.54) is 88.6 Å². The first-order valence-electron chi connectivity index (χ1n) is 11.2. The van der Waals surface area contributed by atoms with Gasteiger partial charge in [0.1, 0.15) is 19.0 Å². The van der Waals surface area contributed by atoms with Crippen molar-refractivity contribution in [3.63, 3.8) is 0 Å². The average molecular weight is 651 g/mol. The maximum Gasteiger partial charge on any atom is 0.513 e. The third-order valence-corrected chi connectivity index (χ3v) is 7.95. The number of hydrogen-bond acceptors (Lipinski definition) is 15. The van der Waals surface area contributed by atoms with Gasteiger partial charge in [-0.05, 0) is 26.2 Å². The number of nitro benzene ring substituents is 1. The van der Waals surface area contributed by atoms with E-state index in [2.05, 4.69) is 16.8 Å². The Bertz CT molecular complexity index is 844. The van der Waals surface area contributed by atoms with Crippen molar-refractivity contribution in [2.24, 2.45) is 11.5 Å². The Balaban J connectivity index is -0.000000313. The fourth-order valence-corrected chi connectivity index (χ4v) is 5.27. The van der Waals surface area contributed by atoms with Crippen molar-refractivity contribution < 1.29 is 50.0 Å². The van der Waals surface area contributed by atoms with E-state index in [9.17, 15) is 29.3 Å². The standard InChI is InChI=1S/C12H13NO7S2.C7H13NO4S2.2CH5N.H2/c14-11(15)5-7-21-22-8-6-19-12(16)20-10-3-1-9(2-4-10)13(17)18;1-8-7(11)12-3-5-14-13-4-2-6(9)10;2*1-2;/h1-4H,5-8H2,(H,14,15);2-5H2,1H3,(H,8,11)(H,9,10);2*2H2,1H3;1H. The topological polar surface area (TPSA) is 244 Å². The van der Waals surface area contributed by atoms with E-state index in [0.717, 1.165) is 0 Å². The zero-order valence-corrected chi connectivity index (χ0v) is 25.5. The number of nitrogens with zero attached hydrogens (tertiary/aromatic N) is 1. The van der Waals surface area contributed by atoms with E-state index in [-0.39, 0.29) is 32.3 Å². The van der Waals surface area contributed by atoms with Gasteiger partial charge >= 0.3 is 24.2 Å². The van der Waals surface area contributed by atoms with Crippen LogP contribution in [0.15, 0.2) is 24.3 Å². The first-order valence-corrected chi connectivity index (χ1v) is 16.1. The number of carboxylic acids is 2. The molecule has 0 bridgehead atoms. The maximum atomic E-state index is 11.3. The largest absolute Gasteiger partial charge is 0.513 e. The number of amides is 1. The summed E-state index contributed by atoms with van der Waals surface area (Å²) >= 11 is 0. The van der Waals surface area contributed by atoms with Crippen molar-refractivity contribution in [1.82, 2.24) is 5.32 Å². The van der Waals surface area contributed by atoms with Crippen molar-refractivity contribution in [2.75, 3.05) is 57.4 Å². The minimum absolute atomic E-state index is 0. The van der Waals surface area contributed by atoms with Gasteiger partial charge in [0.25, 0.3) is 5.69 Å². The van der Waals surface area contributed by atoms with Crippen LogP contribution in [0.3, 0.4) is 0 Å². The molecule has 232 valence electrons. The van der Waals surface area contributed by atoms with Gasteiger partial charge < -0.3 is 41.2 Å². The van der Waals surface area contributed by atoms with Crippen LogP contribution in [0.2, 0.25) is 0 Å². The number of ether oxygens (including phenoxy) is 3. The lowest BCUT2D eigenvalue weighted by Crippen LogP contribution is -2.20. The first kappa shape index (κ1) is 41.9. The Kier molecular flexibility index (Phi) is 32.4. The number of carbonyl (C=O) groups excluding carboxylic acids is 2. The summed E-state index contributed by atoms with van der Waals surface area (Å²) in [5.74, 6) is 0.722. The van der Waals surface area contributed by atoms with E-state index in [0.29, 0.717) is 29.6 Å². The smallest absolute Gasteiger partial charge is 0.481 e. The number of nitrogens with two attached hydrogens (primary N) is 2. The summed E-state index contributed by atoms with van der Waals surface area (Å²) in [5.41, 5.74) is 8.90. The van der Waals surface area contributed by atoms with Gasteiger partial charge in [-0.2, -0.15) is 0 Å². The molecule has 1 aromatic rings. The van der Waals surface area contributed by atoms with E-state index in [1.54, 1.807) is 0 Å². The summed E-state index contributed by atoms with van der Waals surface area (Å²) in [6.07, 6.45) is -1.10. The second-order valence-corrected chi connectivity index (χ2v) is 11.3. The number of nitro groups is 1. The Morgan fingerprint density at radius 3 is 1.68 bits per heavy atom. The van der Waals surface area contributed by atoms with Crippen LogP contribution in [-0.4, -0.2) is 96.7 Å². The normalized spacial score (nSPS) is 9.12. The van der Waals surface area contributed by atoms with Crippen molar-refractivity contribution >= 4 is 73.1 Å². The Morgan fingerprint density at radius 2 is 1.27 bits per heavy atom. The van der Waals surface area contributed by atoms with Crippen LogP contribution in [0.25, 0.3) is 0 Å². The first-order chi connectivity index (χ1) is 19.1. The van der Waals surface area contributed by atoms with Gasteiger partial charge in [-0.1, -0.05) is 43.2 Å². The second-order valence-electron chi connectivity index (χ2n) is 5.91. The highest BCUT2D eigenvalue weighted by molar-refractivity contribution is 8.77. The van der Waals surface area contributed by atoms with Crippen LogP contribution >= 0.6 is 43.2 Å². The fourth-order valence-electron chi connectivity index (χ4n) is 1.65. The minimum Gasteiger partial charge on any atom is -0.481 e. The van der Waals surface area contributed by atoms with Gasteiger partial charge in [0, 0.05) is 43.6 Å². The number of carbonyl (C=O) groups is 4. The maximum absolute atomic E-state index is 11.3. The molecule has 1 amide bonds. The molecule has 1 rings (SSSR count). The van der Waals surface area contributed by atoms with Crippen LogP contribution in [0.5, 0.6) is 5.75 Å². The molecule has 7 N–H and O–H groups in total. The third-order valence-electron chi connectivity index (χ3n) is 3.20. The highest BCUT2D eigenvalue weighted by atomic mass is 33.1. The molecule has 40 heavy (non-hydrogen) atoms. The number of carboxylic acid groups (broad SMARTS) is 2. The van der Waals surface area contributed by atoms with Gasteiger partial charge in [-0.15, -0.1) is 0 Å². The zero-order chi connectivity index (χ0) is 31.2. The number of alkyl carbamates (subject to hydrolysis) is 1. The number of aliphatic carboxylic acids is 2. The van der Waals surface area contributed by atoms with Crippen molar-refractivity contribution in [3.8, 4) is 5.75 Å². The molecular formula is C21H38N4O11S4. The number of non-ortho nitro benzene ring substituents is 1. The number of benzene rings is 1. The van der Waals surface area contributed by atoms with Crippen LogP contribution in [0, 0.1) is 10.1 Å². The SMILES string of the molecule is CN.CN.CNC(=O)OCCSSCCC(=O)O.O=C(O)CCSSCCOC(=O)Oc1ccc([N+](=O)[O-])cc1.[HH]. The molecule has 0 aromatic heterocycles. The molecule has 0 spiro atoms. The Hall–Kier alpha value is -2.58. The molecule has 0 radical (unpaired) electrons. The highest BCUT2D eigenvalue weighted by Gasteiger charge is 2.09. The number of rotatable bonds is 16. The summed E-state index contributed by atoms with van der Waals surface area (Å²) in [7, 11) is 10.2. The summed E-state index contributed by atoms with van der Waals surface area (Å²) in [6, 6.07) is 5.04. The van der Waals surface area contributed by atoms with Gasteiger partial charge in [0.2, 0.25) is 0 Å². The summed E-state index contributed by atoms with van der Waals surface area (Å²) < 4.78 is 14.4. The lowest BCUT2D eigenvalue weighted by atomic mass is 10.3. The van der Waals surface area contributed by atoms with E-state index < -0.39 is 29.1 Å². The van der Waals surface area contributed by atoms with E-state index in [4.69, 9.17) is 24.4 Å². The van der Waals surface area contributed by atoms with Gasteiger partial charge in [-0.3, -0.25) is 19.7 Å². The molecule has 1 aromatic carbocycles. The number of nitrogens with one attached hydrogen (secondary N) is 1. The molecule has 15 nitrogen and oxygen atoms in total. The molecule has 0 unspecified atom stereocenters. The minimum atomic E-state index is -0.898. The zero-order valence-electron chi connectivity index (χ0n) is 22.3. The molecule has 0 fully saturated rings. The molecule has 19 heteroatoms. The molecule has 0 saturated heterocycles. The summed E-state index contributed by atoms with van der Waals surface area (Å²) in [5, 5.41) is 29.5. The molecule has 0 aliphatic carbocycles. The molecular weight excluding hydrogens is 613 g/mol. The Labute approximate surface area is 249 Å². The van der Waals surface area contributed by atoms with Crippen LogP contribution < -0.4 is 21.5 Å². The summed E-state index contributed by atoms with van der Waals surface area (Å²) in [6.45, 7) is 0.459. The predicted octanol–water partition coefficient (Wildman–Crippen LogP) is 3.56. The van der Waals surface area contributed by atoms with Gasteiger partial charge in [0.15, 0.2) is 0 Å². The molecule has 0 heterocycles. The Morgan fingerprint density at radius 1 is 0.850 bits per heavy atom. The average Bonchev–Trinajstić information content (AvgIpc) is 2.94. The molecule has 0 saturated carbocycles. The summed E-state index contributed by atoms with van der Waals surface area (Å²) in [4.78, 5) is 52.2. The third kappa shape index (κ3) is 30.0. The van der Waals surface area contributed by atoms with Crippen LogP contribution in [-0.2, 0) is 19.1 Å². The van der Waals surface area contributed by atoms with E-state index in [1.807, 2.05) is 0 Å². The molecule has 0 aliphatic heterocycles. The van der Waals surface area contributed by atoms with Crippen molar-refractivity contribution in [3.05, 3.63) is 34.4 Å². The van der Waals surface area contributed by atoms with Crippen molar-refractivity contribution in [2.45, 2.75) is 12.8 Å². The predicted molar refractivity (Wildman–Crippen MR) is 162 cm³/mol. The lowest BCUT2D eigenvalue weighted by Gasteiger charge is -2.05. The second kappa shape index (κ2) is 31.0. The highest BCUT2D eigenvalue weighted by Crippen LogP contribution is 2.22. The molecule has 0 aliphatic rings. The van der Waals surface area contributed by atoms with Crippen LogP contribution in [0.4, 0.5) is 15.3 Å². The fraction of sp³-hybridized carbons (Fsp3) is 0.524. The number of hydrogen-bond donors (Lipinski definition) is 5. The van der Waals surface area contributed by atoms with Crippen molar-refractivity contribution in [1.29, 1.82) is 0 Å². The van der Waals surface area contributed by atoms with E-state index >= 15 is 0 Å². The lowest BCUT2D eigenvalue weighted by molar-refractivity contribution is -0.384. The monoisotopic (exact) mass is 650 g/mol. The quantitative estimate of drug-likeness (QED) is 0.0428. The molecule has 0 atom stereocenters.